The minimum Gasteiger partial charge on any atom is -0.423 e. The highest BCUT2D eigenvalue weighted by Gasteiger charge is 2.12. The summed E-state index contributed by atoms with van der Waals surface area (Å²) in [5.41, 5.74) is 4.19. The summed E-state index contributed by atoms with van der Waals surface area (Å²) in [6, 6.07) is 12.5. The van der Waals surface area contributed by atoms with Crippen molar-refractivity contribution in [3.05, 3.63) is 78.9 Å². The number of carbonyl (C=O) groups excluding carboxylic acids is 2. The van der Waals surface area contributed by atoms with Crippen LogP contribution in [0.25, 0.3) is 16.7 Å². The fraction of sp³-hybridized carbons (Fsp3) is 0.130. The summed E-state index contributed by atoms with van der Waals surface area (Å²) in [6.07, 6.45) is 0. The Bertz CT molecular complexity index is 933. The van der Waals surface area contributed by atoms with Crippen LogP contribution in [0.1, 0.15) is 26.3 Å². The predicted octanol–water partition coefficient (Wildman–Crippen LogP) is 5.35. The highest BCUT2D eigenvalue weighted by atomic mass is 16.5. The topological polar surface area (TPSA) is 52.6 Å². The first-order chi connectivity index (χ1) is 12.7. The van der Waals surface area contributed by atoms with Gasteiger partial charge in [-0.15, -0.1) is 0 Å². The van der Waals surface area contributed by atoms with Gasteiger partial charge in [0.25, 0.3) is 0 Å². The largest absolute Gasteiger partial charge is 0.423 e. The molecule has 0 fully saturated rings. The minimum absolute atomic E-state index is 0.329. The standard InChI is InChI=1S/C23H22O4/c1-14(2)21-13-19(27-23(25)16(5)6)11-12-20(21)17-7-9-18(10-8-17)26-22(24)15(3)4/h7-13H,1,3,5H2,2,4,6H3. The van der Waals surface area contributed by atoms with Crippen molar-refractivity contribution in [2.45, 2.75) is 20.8 Å². The number of carbonyl (C=O) groups is 2. The number of esters is 2. The molecule has 0 radical (unpaired) electrons. The third kappa shape index (κ3) is 5.05. The molecule has 0 unspecified atom stereocenters. The van der Waals surface area contributed by atoms with E-state index < -0.39 is 11.9 Å². The third-order valence-electron chi connectivity index (χ3n) is 3.73. The van der Waals surface area contributed by atoms with E-state index in [0.29, 0.717) is 22.6 Å². The van der Waals surface area contributed by atoms with Gasteiger partial charge in [0, 0.05) is 11.1 Å². The first-order valence-electron chi connectivity index (χ1n) is 8.34. The van der Waals surface area contributed by atoms with Gasteiger partial charge in [-0.2, -0.15) is 0 Å². The van der Waals surface area contributed by atoms with E-state index in [-0.39, 0.29) is 0 Å². The van der Waals surface area contributed by atoms with Gasteiger partial charge in [0.05, 0.1) is 0 Å². The Morgan fingerprint density at radius 2 is 1.22 bits per heavy atom. The lowest BCUT2D eigenvalue weighted by atomic mass is 9.95. The number of hydrogen-bond acceptors (Lipinski definition) is 4. The molecule has 0 saturated carbocycles. The molecule has 0 atom stereocenters. The lowest BCUT2D eigenvalue weighted by Gasteiger charge is -2.13. The first kappa shape index (κ1) is 19.9. The molecule has 2 aromatic carbocycles. The Morgan fingerprint density at radius 1 is 0.741 bits per heavy atom. The second-order valence-electron chi connectivity index (χ2n) is 6.35. The molecule has 27 heavy (non-hydrogen) atoms. The van der Waals surface area contributed by atoms with Gasteiger partial charge >= 0.3 is 11.9 Å². The monoisotopic (exact) mass is 362 g/mol. The maximum Gasteiger partial charge on any atom is 0.338 e. The number of benzene rings is 2. The molecule has 2 rings (SSSR count). The molecule has 0 N–H and O–H groups in total. The number of hydrogen-bond donors (Lipinski definition) is 0. The molecule has 0 heterocycles. The van der Waals surface area contributed by atoms with Crippen molar-refractivity contribution in [1.82, 2.24) is 0 Å². The van der Waals surface area contributed by atoms with Crippen molar-refractivity contribution in [2.24, 2.45) is 0 Å². The third-order valence-corrected chi connectivity index (χ3v) is 3.73. The zero-order valence-electron chi connectivity index (χ0n) is 15.8. The molecule has 4 nitrogen and oxygen atoms in total. The number of rotatable bonds is 6. The molecule has 0 aliphatic rings. The van der Waals surface area contributed by atoms with E-state index in [1.54, 1.807) is 38.1 Å². The summed E-state index contributed by atoms with van der Waals surface area (Å²) >= 11 is 0. The average Bonchev–Trinajstić information content (AvgIpc) is 2.62. The van der Waals surface area contributed by atoms with Crippen LogP contribution in [-0.4, -0.2) is 11.9 Å². The molecule has 0 aromatic heterocycles. The van der Waals surface area contributed by atoms with Crippen molar-refractivity contribution < 1.29 is 19.1 Å². The van der Waals surface area contributed by atoms with Crippen molar-refractivity contribution in [2.75, 3.05) is 0 Å². The lowest BCUT2D eigenvalue weighted by molar-refractivity contribution is -0.130. The van der Waals surface area contributed by atoms with Crippen LogP contribution in [-0.2, 0) is 9.59 Å². The molecule has 0 amide bonds. The highest BCUT2D eigenvalue weighted by Crippen LogP contribution is 2.32. The molecule has 0 bridgehead atoms. The number of ether oxygens (including phenoxy) is 2. The number of allylic oxidation sites excluding steroid dienone is 1. The smallest absolute Gasteiger partial charge is 0.338 e. The molecule has 0 aliphatic heterocycles. The Balaban J connectivity index is 2.33. The van der Waals surface area contributed by atoms with Gasteiger partial charge in [-0.3, -0.25) is 0 Å². The Labute approximate surface area is 159 Å². The molecule has 0 saturated heterocycles. The highest BCUT2D eigenvalue weighted by molar-refractivity contribution is 5.90. The Kier molecular flexibility index (Phi) is 6.14. The summed E-state index contributed by atoms with van der Waals surface area (Å²) < 4.78 is 10.5. The Hall–Kier alpha value is -3.40. The summed E-state index contributed by atoms with van der Waals surface area (Å²) in [6.45, 7) is 16.2. The van der Waals surface area contributed by atoms with E-state index in [1.807, 2.05) is 25.1 Å². The molecular weight excluding hydrogens is 340 g/mol. The van der Waals surface area contributed by atoms with Crippen molar-refractivity contribution >= 4 is 17.5 Å². The van der Waals surface area contributed by atoms with Crippen LogP contribution in [0.15, 0.2) is 73.3 Å². The van der Waals surface area contributed by atoms with Crippen LogP contribution in [0, 0.1) is 0 Å². The van der Waals surface area contributed by atoms with Crippen LogP contribution < -0.4 is 9.47 Å². The van der Waals surface area contributed by atoms with Crippen molar-refractivity contribution in [1.29, 1.82) is 0 Å². The molecular formula is C23H22O4. The molecule has 0 aliphatic carbocycles. The van der Waals surface area contributed by atoms with Crippen molar-refractivity contribution in [3.8, 4) is 22.6 Å². The molecule has 2 aromatic rings. The first-order valence-corrected chi connectivity index (χ1v) is 8.34. The van der Waals surface area contributed by atoms with Crippen LogP contribution in [0.2, 0.25) is 0 Å². The maximum absolute atomic E-state index is 11.7. The second kappa shape index (κ2) is 8.32. The lowest BCUT2D eigenvalue weighted by Crippen LogP contribution is -2.08. The van der Waals surface area contributed by atoms with Gasteiger partial charge < -0.3 is 9.47 Å². The van der Waals surface area contributed by atoms with Crippen LogP contribution in [0.4, 0.5) is 0 Å². The second-order valence-corrected chi connectivity index (χ2v) is 6.35. The molecule has 138 valence electrons. The van der Waals surface area contributed by atoms with Gasteiger partial charge in [0.15, 0.2) is 0 Å². The van der Waals surface area contributed by atoms with E-state index in [9.17, 15) is 9.59 Å². The quantitative estimate of drug-likeness (QED) is 0.395. The summed E-state index contributed by atoms with van der Waals surface area (Å²) in [5, 5.41) is 0. The van der Waals surface area contributed by atoms with Gasteiger partial charge in [-0.25, -0.2) is 9.59 Å². The molecule has 0 spiro atoms. The summed E-state index contributed by atoms with van der Waals surface area (Å²) in [7, 11) is 0. The van der Waals surface area contributed by atoms with E-state index in [0.717, 1.165) is 22.3 Å². The summed E-state index contributed by atoms with van der Waals surface area (Å²) in [4.78, 5) is 23.3. The normalized spacial score (nSPS) is 10.0. The fourth-order valence-corrected chi connectivity index (χ4v) is 2.28. The average molecular weight is 362 g/mol. The predicted molar refractivity (Wildman–Crippen MR) is 107 cm³/mol. The van der Waals surface area contributed by atoms with Gasteiger partial charge in [0.1, 0.15) is 11.5 Å². The fourth-order valence-electron chi connectivity index (χ4n) is 2.28. The van der Waals surface area contributed by atoms with Gasteiger partial charge in [0.2, 0.25) is 0 Å². The maximum atomic E-state index is 11.7. The van der Waals surface area contributed by atoms with E-state index in [4.69, 9.17) is 9.47 Å². The van der Waals surface area contributed by atoms with Crippen LogP contribution in [0.5, 0.6) is 11.5 Å². The van der Waals surface area contributed by atoms with E-state index >= 15 is 0 Å². The van der Waals surface area contributed by atoms with E-state index in [2.05, 4.69) is 19.7 Å². The van der Waals surface area contributed by atoms with Crippen molar-refractivity contribution in [3.63, 3.8) is 0 Å². The van der Waals surface area contributed by atoms with Gasteiger partial charge in [-0.05, 0) is 61.7 Å². The van der Waals surface area contributed by atoms with Crippen LogP contribution in [0.3, 0.4) is 0 Å². The van der Waals surface area contributed by atoms with Crippen LogP contribution >= 0.6 is 0 Å². The molecule has 4 heteroatoms. The zero-order chi connectivity index (χ0) is 20.1. The minimum atomic E-state index is -0.473. The SMILES string of the molecule is C=C(C)C(=O)Oc1ccc(-c2ccc(OC(=O)C(=C)C)cc2C(=C)C)cc1. The zero-order valence-corrected chi connectivity index (χ0v) is 15.8. The van der Waals surface area contributed by atoms with E-state index in [1.165, 1.54) is 0 Å². The Morgan fingerprint density at radius 3 is 1.70 bits per heavy atom. The summed E-state index contributed by atoms with van der Waals surface area (Å²) in [5.74, 6) is -0.0689. The van der Waals surface area contributed by atoms with Gasteiger partial charge in [-0.1, -0.05) is 43.5 Å².